The Morgan fingerprint density at radius 2 is 1.27 bits per heavy atom. The summed E-state index contributed by atoms with van der Waals surface area (Å²) in [7, 11) is -8.69. The SMILES string of the molecule is O=S(O)(O)=S.[Li+].[O-][Si](O)(O)O. The van der Waals surface area contributed by atoms with E-state index in [-0.39, 0.29) is 18.9 Å². The molecular weight excluding hydrogens is 211 g/mol. The van der Waals surface area contributed by atoms with E-state index < -0.39 is 18.1 Å². The van der Waals surface area contributed by atoms with E-state index in [9.17, 15) is 0 Å². The van der Waals surface area contributed by atoms with Crippen LogP contribution in [-0.2, 0) is 20.2 Å². The molecule has 0 heterocycles. The minimum absolute atomic E-state index is 0. The molecule has 64 valence electrons. The molecule has 0 amide bonds. The van der Waals surface area contributed by atoms with Crippen LogP contribution in [-0.4, -0.2) is 36.7 Å². The summed E-state index contributed by atoms with van der Waals surface area (Å²) in [6.45, 7) is 0. The maximum absolute atomic E-state index is 9.11. The monoisotopic (exact) mass is 216 g/mol. The average Bonchev–Trinajstić information content (AvgIpc) is 1.12. The fourth-order valence-corrected chi connectivity index (χ4v) is 0. The summed E-state index contributed by atoms with van der Waals surface area (Å²) in [5.41, 5.74) is 0. The molecule has 0 fully saturated rings. The summed E-state index contributed by atoms with van der Waals surface area (Å²) in [5.74, 6) is 0. The molecule has 5 N–H and O–H groups in total. The molecule has 0 saturated carbocycles. The van der Waals surface area contributed by atoms with Gasteiger partial charge in [-0.25, -0.2) is 0 Å². The first-order chi connectivity index (χ1) is 4.00. The second kappa shape index (κ2) is 6.46. The molecule has 0 aliphatic carbocycles. The molecule has 0 atom stereocenters. The maximum Gasteiger partial charge on any atom is 1.00 e. The molecular formula is H5LiO7S2Si. The fourth-order valence-electron chi connectivity index (χ4n) is 0. The quantitative estimate of drug-likeness (QED) is 0.252. The zero-order valence-electron chi connectivity index (χ0n) is 5.37. The third-order valence-corrected chi connectivity index (χ3v) is 0. The van der Waals surface area contributed by atoms with Gasteiger partial charge in [0.2, 0.25) is 0 Å². The van der Waals surface area contributed by atoms with Crippen LogP contribution >= 0.6 is 0 Å². The molecule has 0 saturated heterocycles. The second-order valence-electron chi connectivity index (χ2n) is 1.02. The van der Waals surface area contributed by atoms with Gasteiger partial charge in [0.1, 0.15) is 0 Å². The van der Waals surface area contributed by atoms with Crippen molar-refractivity contribution in [2.45, 2.75) is 0 Å². The summed E-state index contributed by atoms with van der Waals surface area (Å²) in [6, 6.07) is 0. The van der Waals surface area contributed by atoms with E-state index in [1.807, 2.05) is 0 Å². The molecule has 0 rings (SSSR count). The van der Waals surface area contributed by atoms with Gasteiger partial charge in [0.05, 0.1) is 0 Å². The molecule has 0 aromatic carbocycles. The van der Waals surface area contributed by atoms with Crippen molar-refractivity contribution in [2.24, 2.45) is 0 Å². The van der Waals surface area contributed by atoms with Crippen molar-refractivity contribution in [3.05, 3.63) is 0 Å². The number of hydrogen-bond acceptors (Lipinski definition) is 6. The number of rotatable bonds is 0. The van der Waals surface area contributed by atoms with Crippen LogP contribution in [0.4, 0.5) is 0 Å². The van der Waals surface area contributed by atoms with E-state index in [0.717, 1.165) is 0 Å². The van der Waals surface area contributed by atoms with Gasteiger partial charge in [0.25, 0.3) is 9.05 Å². The molecule has 0 aliphatic heterocycles. The van der Waals surface area contributed by atoms with Crippen molar-refractivity contribution in [3.63, 3.8) is 0 Å². The predicted molar refractivity (Wildman–Crippen MR) is 33.2 cm³/mol. The van der Waals surface area contributed by atoms with Gasteiger partial charge >= 0.3 is 27.9 Å². The Morgan fingerprint density at radius 1 is 1.27 bits per heavy atom. The van der Waals surface area contributed by atoms with Gasteiger partial charge in [-0.1, -0.05) is 0 Å². The maximum atomic E-state index is 9.11. The normalized spacial score (nSPS) is 10.7. The van der Waals surface area contributed by atoms with Gasteiger partial charge in [0.15, 0.2) is 0 Å². The Balaban J connectivity index is -0.000000107. The van der Waals surface area contributed by atoms with Crippen LogP contribution in [0.2, 0.25) is 0 Å². The van der Waals surface area contributed by atoms with Crippen molar-refractivity contribution < 1.29 is 51.4 Å². The standard InChI is InChI=1S/Li.H3O4Si.H2O3S2/c;2*1-5(2,3)4/h;1-3H;(H2,1,2,3,4)/q+1;-1;. The van der Waals surface area contributed by atoms with E-state index in [4.69, 9.17) is 32.5 Å². The number of hydrogen-bond donors (Lipinski definition) is 5. The molecule has 0 aliphatic rings. The summed E-state index contributed by atoms with van der Waals surface area (Å²) >= 11 is 3.47. The van der Waals surface area contributed by atoms with Crippen LogP contribution in [0.3, 0.4) is 0 Å². The molecule has 0 aromatic rings. The van der Waals surface area contributed by atoms with Crippen LogP contribution < -0.4 is 23.7 Å². The smallest absolute Gasteiger partial charge is 0.794 e. The van der Waals surface area contributed by atoms with Gasteiger partial charge in [-0.05, 0) is 0 Å². The van der Waals surface area contributed by atoms with Crippen LogP contribution in [0.15, 0.2) is 0 Å². The molecule has 11 heavy (non-hydrogen) atoms. The zero-order valence-corrected chi connectivity index (χ0v) is 8.00. The summed E-state index contributed by atoms with van der Waals surface area (Å²) in [4.78, 5) is 30.6. The summed E-state index contributed by atoms with van der Waals surface area (Å²) < 4.78 is 24.0. The Morgan fingerprint density at radius 3 is 1.27 bits per heavy atom. The van der Waals surface area contributed by atoms with Crippen molar-refractivity contribution in [2.75, 3.05) is 0 Å². The molecule has 7 nitrogen and oxygen atoms in total. The van der Waals surface area contributed by atoms with E-state index in [1.165, 1.54) is 0 Å². The summed E-state index contributed by atoms with van der Waals surface area (Å²) in [6.07, 6.45) is 0. The fraction of sp³-hybridized carbons (Fsp3) is 0. The van der Waals surface area contributed by atoms with Crippen molar-refractivity contribution >= 4 is 29.3 Å². The first-order valence-corrected chi connectivity index (χ1v) is 5.72. The van der Waals surface area contributed by atoms with Crippen molar-refractivity contribution in [1.29, 1.82) is 0 Å². The second-order valence-corrected chi connectivity index (χ2v) is 4.37. The molecule has 11 heteroatoms. The van der Waals surface area contributed by atoms with Gasteiger partial charge in [-0.3, -0.25) is 9.11 Å². The third-order valence-electron chi connectivity index (χ3n) is 0. The van der Waals surface area contributed by atoms with Crippen molar-refractivity contribution in [3.8, 4) is 0 Å². The molecule has 0 aromatic heterocycles. The molecule has 0 unspecified atom stereocenters. The molecule has 0 spiro atoms. The van der Waals surface area contributed by atoms with Gasteiger partial charge < -0.3 is 19.2 Å². The zero-order chi connectivity index (χ0) is 9.00. The molecule has 0 radical (unpaired) electrons. The van der Waals surface area contributed by atoms with Gasteiger partial charge in [0, 0.05) is 11.2 Å². The minimum Gasteiger partial charge on any atom is -0.794 e. The first kappa shape index (κ1) is 17.9. The van der Waals surface area contributed by atoms with Gasteiger partial charge in [-0.2, -0.15) is 4.21 Å². The first-order valence-electron chi connectivity index (χ1n) is 1.57. The van der Waals surface area contributed by atoms with E-state index in [2.05, 4.69) is 11.2 Å². The Bertz CT molecular complexity index is 151. The minimum atomic E-state index is -4.86. The predicted octanol–water partition coefficient (Wildman–Crippen LogP) is -6.56. The largest absolute Gasteiger partial charge is 1.00 e. The van der Waals surface area contributed by atoms with Crippen LogP contribution in [0.25, 0.3) is 0 Å². The Labute approximate surface area is 80.7 Å². The van der Waals surface area contributed by atoms with Crippen LogP contribution in [0.5, 0.6) is 0 Å². The third kappa shape index (κ3) is 982. The van der Waals surface area contributed by atoms with Crippen LogP contribution in [0, 0.1) is 0 Å². The van der Waals surface area contributed by atoms with Crippen molar-refractivity contribution in [1.82, 2.24) is 0 Å². The topological polar surface area (TPSA) is 141 Å². The van der Waals surface area contributed by atoms with E-state index in [0.29, 0.717) is 0 Å². The van der Waals surface area contributed by atoms with E-state index >= 15 is 0 Å². The Hall–Kier alpha value is 0.944. The Kier molecular flexibility index (Phi) is 10.5. The average molecular weight is 216 g/mol. The van der Waals surface area contributed by atoms with E-state index in [1.54, 1.807) is 0 Å². The molecule has 0 bridgehead atoms. The van der Waals surface area contributed by atoms with Gasteiger partial charge in [-0.15, -0.1) is 0 Å². The summed E-state index contributed by atoms with van der Waals surface area (Å²) in [5, 5.41) is 0. The van der Waals surface area contributed by atoms with Crippen LogP contribution in [0.1, 0.15) is 0 Å².